The fourth-order valence-corrected chi connectivity index (χ4v) is 3.99. The van der Waals surface area contributed by atoms with Gasteiger partial charge in [0.15, 0.2) is 11.0 Å². The molecule has 0 spiro atoms. The van der Waals surface area contributed by atoms with Gasteiger partial charge in [-0.25, -0.2) is 0 Å². The largest absolute Gasteiger partial charge is 0.342 e. The van der Waals surface area contributed by atoms with Crippen LogP contribution in [0.3, 0.4) is 0 Å². The van der Waals surface area contributed by atoms with Crippen LogP contribution in [-0.2, 0) is 11.8 Å². The summed E-state index contributed by atoms with van der Waals surface area (Å²) >= 11 is 1.31. The van der Waals surface area contributed by atoms with Crippen LogP contribution in [-0.4, -0.2) is 32.3 Å². The van der Waals surface area contributed by atoms with Crippen molar-refractivity contribution in [1.82, 2.24) is 20.1 Å². The van der Waals surface area contributed by atoms with Crippen LogP contribution in [0.4, 0.5) is 5.69 Å². The molecule has 8 heteroatoms. The lowest BCUT2D eigenvalue weighted by molar-refractivity contribution is -0.113. The summed E-state index contributed by atoms with van der Waals surface area (Å²) in [7, 11) is 1.85. The van der Waals surface area contributed by atoms with E-state index < -0.39 is 0 Å². The molecule has 0 saturated carbocycles. The summed E-state index contributed by atoms with van der Waals surface area (Å²) in [5.74, 6) is 0.709. The Bertz CT molecular complexity index is 1100. The van der Waals surface area contributed by atoms with E-state index in [9.17, 15) is 9.59 Å². The second-order valence-electron chi connectivity index (χ2n) is 8.05. The first-order chi connectivity index (χ1) is 15.3. The lowest BCUT2D eigenvalue weighted by Crippen LogP contribution is -2.33. The number of nitrogens with zero attached hydrogens (tertiary/aromatic N) is 3. The minimum absolute atomic E-state index is 0.106. The van der Waals surface area contributed by atoms with Crippen LogP contribution in [0, 0.1) is 19.8 Å². The van der Waals surface area contributed by atoms with E-state index in [0.29, 0.717) is 16.5 Å². The third-order valence-corrected chi connectivity index (χ3v) is 6.37. The summed E-state index contributed by atoms with van der Waals surface area (Å²) < 4.78 is 1.84. The number of hydrogen-bond acceptors (Lipinski definition) is 5. The Kier molecular flexibility index (Phi) is 7.69. The first kappa shape index (κ1) is 23.5. The molecule has 0 saturated heterocycles. The molecule has 0 radical (unpaired) electrons. The van der Waals surface area contributed by atoms with Crippen LogP contribution in [0.2, 0.25) is 0 Å². The van der Waals surface area contributed by atoms with Gasteiger partial charge in [0.25, 0.3) is 5.91 Å². The predicted octanol–water partition coefficient (Wildman–Crippen LogP) is 4.29. The number of benzene rings is 2. The molecule has 0 aliphatic rings. The molecule has 32 heavy (non-hydrogen) atoms. The van der Waals surface area contributed by atoms with Crippen molar-refractivity contribution in [2.75, 3.05) is 11.1 Å². The van der Waals surface area contributed by atoms with Gasteiger partial charge in [0.1, 0.15) is 0 Å². The Morgan fingerprint density at radius 3 is 2.44 bits per heavy atom. The third-order valence-electron chi connectivity index (χ3n) is 5.35. The van der Waals surface area contributed by atoms with Gasteiger partial charge in [0.05, 0.1) is 11.8 Å². The number of carbonyl (C=O) groups excluding carboxylic acids is 2. The van der Waals surface area contributed by atoms with Gasteiger partial charge in [0.2, 0.25) is 5.91 Å². The molecule has 7 nitrogen and oxygen atoms in total. The molecule has 0 aliphatic carbocycles. The minimum Gasteiger partial charge on any atom is -0.342 e. The number of nitrogens with one attached hydrogen (secondary N) is 2. The topological polar surface area (TPSA) is 88.9 Å². The number of aromatic nitrogens is 3. The first-order valence-corrected chi connectivity index (χ1v) is 11.5. The van der Waals surface area contributed by atoms with E-state index in [1.807, 2.05) is 75.7 Å². The van der Waals surface area contributed by atoms with Gasteiger partial charge < -0.3 is 15.2 Å². The highest BCUT2D eigenvalue weighted by Crippen LogP contribution is 2.25. The molecule has 2 aromatic carbocycles. The van der Waals surface area contributed by atoms with Crippen LogP contribution in [0.15, 0.2) is 53.7 Å². The maximum atomic E-state index is 12.7. The Morgan fingerprint density at radius 2 is 1.75 bits per heavy atom. The monoisotopic (exact) mass is 451 g/mol. The van der Waals surface area contributed by atoms with Crippen LogP contribution in [0.25, 0.3) is 0 Å². The van der Waals surface area contributed by atoms with Crippen molar-refractivity contribution in [3.63, 3.8) is 0 Å². The van der Waals surface area contributed by atoms with Gasteiger partial charge in [0, 0.05) is 18.3 Å². The summed E-state index contributed by atoms with van der Waals surface area (Å²) in [5.41, 5.74) is 3.60. The number of aryl methyl sites for hydroxylation is 1. The van der Waals surface area contributed by atoms with Crippen molar-refractivity contribution in [2.24, 2.45) is 13.0 Å². The zero-order valence-electron chi connectivity index (χ0n) is 19.0. The fourth-order valence-electron chi connectivity index (χ4n) is 3.27. The van der Waals surface area contributed by atoms with Gasteiger partial charge in [-0.05, 0) is 49.1 Å². The normalized spacial score (nSPS) is 11.9. The summed E-state index contributed by atoms with van der Waals surface area (Å²) in [6.07, 6.45) is 0. The lowest BCUT2D eigenvalue weighted by Gasteiger charge is -2.21. The van der Waals surface area contributed by atoms with E-state index in [4.69, 9.17) is 0 Å². The van der Waals surface area contributed by atoms with E-state index in [1.165, 1.54) is 11.8 Å². The highest BCUT2D eigenvalue weighted by atomic mass is 32.2. The fraction of sp³-hybridized carbons (Fsp3) is 0.333. The van der Waals surface area contributed by atoms with E-state index in [2.05, 4.69) is 20.8 Å². The molecular formula is C24H29N5O2S. The molecule has 1 aromatic heterocycles. The van der Waals surface area contributed by atoms with E-state index in [1.54, 1.807) is 12.1 Å². The van der Waals surface area contributed by atoms with Crippen molar-refractivity contribution >= 4 is 29.3 Å². The summed E-state index contributed by atoms with van der Waals surface area (Å²) in [4.78, 5) is 25.1. The van der Waals surface area contributed by atoms with Crippen molar-refractivity contribution in [3.05, 3.63) is 71.0 Å². The zero-order valence-corrected chi connectivity index (χ0v) is 19.9. The molecule has 2 amide bonds. The van der Waals surface area contributed by atoms with Crippen LogP contribution in [0.5, 0.6) is 0 Å². The van der Waals surface area contributed by atoms with Gasteiger partial charge in [-0.1, -0.05) is 55.9 Å². The Balaban J connectivity index is 1.67. The molecule has 1 unspecified atom stereocenters. The maximum absolute atomic E-state index is 12.7. The number of anilines is 1. The molecule has 3 rings (SSSR count). The average Bonchev–Trinajstić information content (AvgIpc) is 3.14. The number of hydrogen-bond donors (Lipinski definition) is 2. The van der Waals surface area contributed by atoms with Crippen molar-refractivity contribution in [3.8, 4) is 0 Å². The number of amides is 2. The van der Waals surface area contributed by atoms with Gasteiger partial charge >= 0.3 is 0 Å². The number of thioether (sulfide) groups is 1. The molecule has 168 valence electrons. The highest BCUT2D eigenvalue weighted by Gasteiger charge is 2.25. The zero-order chi connectivity index (χ0) is 23.3. The predicted molar refractivity (Wildman–Crippen MR) is 128 cm³/mol. The summed E-state index contributed by atoms with van der Waals surface area (Å²) in [5, 5.41) is 15.2. The highest BCUT2D eigenvalue weighted by molar-refractivity contribution is 7.99. The Morgan fingerprint density at radius 1 is 1.03 bits per heavy atom. The molecule has 0 bridgehead atoms. The number of carbonyl (C=O) groups is 2. The van der Waals surface area contributed by atoms with Crippen molar-refractivity contribution in [2.45, 2.75) is 38.9 Å². The Labute approximate surface area is 193 Å². The van der Waals surface area contributed by atoms with Gasteiger partial charge in [-0.2, -0.15) is 0 Å². The first-order valence-electron chi connectivity index (χ1n) is 10.5. The second-order valence-corrected chi connectivity index (χ2v) is 8.99. The molecule has 2 N–H and O–H groups in total. The maximum Gasteiger partial charge on any atom is 0.251 e. The van der Waals surface area contributed by atoms with Crippen LogP contribution >= 0.6 is 11.8 Å². The standard InChI is InChI=1S/C24H29N5O2S/c1-15(2)21(26-23(31)18-11-7-6-8-12-18)22-27-28-24(29(22)5)32-14-20(30)25-19-13-9-10-16(3)17(19)4/h6-13,15,21H,14H2,1-5H3,(H,25,30)(H,26,31). The average molecular weight is 452 g/mol. The van der Waals surface area contributed by atoms with Gasteiger partial charge in [-0.15, -0.1) is 10.2 Å². The molecule has 1 atom stereocenters. The van der Waals surface area contributed by atoms with E-state index >= 15 is 0 Å². The van der Waals surface area contributed by atoms with Crippen molar-refractivity contribution < 1.29 is 9.59 Å². The molecule has 0 aliphatic heterocycles. The summed E-state index contributed by atoms with van der Waals surface area (Å²) in [6.45, 7) is 8.05. The van der Waals surface area contributed by atoms with Gasteiger partial charge in [-0.3, -0.25) is 9.59 Å². The molecule has 1 heterocycles. The lowest BCUT2D eigenvalue weighted by atomic mass is 10.0. The Hall–Kier alpha value is -3.13. The SMILES string of the molecule is Cc1cccc(NC(=O)CSc2nnc(C(NC(=O)c3ccccc3)C(C)C)n2C)c1C. The minimum atomic E-state index is -0.307. The van der Waals surface area contributed by atoms with Crippen molar-refractivity contribution in [1.29, 1.82) is 0 Å². The summed E-state index contributed by atoms with van der Waals surface area (Å²) in [6, 6.07) is 14.6. The van der Waals surface area contributed by atoms with Crippen LogP contribution < -0.4 is 10.6 Å². The molecule has 3 aromatic rings. The van der Waals surface area contributed by atoms with E-state index in [-0.39, 0.29) is 29.5 Å². The smallest absolute Gasteiger partial charge is 0.251 e. The van der Waals surface area contributed by atoms with Crippen LogP contribution in [0.1, 0.15) is 47.2 Å². The van der Waals surface area contributed by atoms with E-state index in [0.717, 1.165) is 16.8 Å². The second kappa shape index (κ2) is 10.5. The molecule has 0 fully saturated rings. The number of rotatable bonds is 8. The molecular weight excluding hydrogens is 422 g/mol. The quantitative estimate of drug-likeness (QED) is 0.499. The third kappa shape index (κ3) is 5.56.